The Balaban J connectivity index is 1.72. The molecule has 0 radical (unpaired) electrons. The Morgan fingerprint density at radius 1 is 1.42 bits per heavy atom. The zero-order valence-corrected chi connectivity index (χ0v) is 15.2. The number of nitrogens with one attached hydrogen (secondary N) is 3. The van der Waals surface area contributed by atoms with Gasteiger partial charge < -0.3 is 14.8 Å². The fraction of sp³-hybridized carbons (Fsp3) is 0.529. The van der Waals surface area contributed by atoms with Crippen molar-refractivity contribution in [2.45, 2.75) is 45.8 Å². The minimum absolute atomic E-state index is 0.187. The standard InChI is InChI=1S/C17H25N3O3S/c1-11-6-4-8-15(12(11)2)23-13(3)16(21)19-20-17(24)18-10-14-7-5-9-22-14/h4,6,8,13-14H,5,7,9-10H2,1-3H3,(H,19,21)(H2,18,20,24)/t13-,14+/m1/s1. The summed E-state index contributed by atoms with van der Waals surface area (Å²) >= 11 is 5.13. The highest BCUT2D eigenvalue weighted by molar-refractivity contribution is 7.80. The lowest BCUT2D eigenvalue weighted by atomic mass is 10.1. The molecule has 1 aliphatic rings. The fourth-order valence-electron chi connectivity index (χ4n) is 2.37. The normalized spacial score (nSPS) is 17.9. The summed E-state index contributed by atoms with van der Waals surface area (Å²) in [6.07, 6.45) is 1.66. The summed E-state index contributed by atoms with van der Waals surface area (Å²) in [6.45, 7) is 7.11. The van der Waals surface area contributed by atoms with E-state index in [1.807, 2.05) is 32.0 Å². The van der Waals surface area contributed by atoms with Gasteiger partial charge in [-0.05, 0) is 63.0 Å². The molecule has 0 spiro atoms. The first-order valence-corrected chi connectivity index (χ1v) is 8.56. The van der Waals surface area contributed by atoms with E-state index in [0.29, 0.717) is 17.4 Å². The van der Waals surface area contributed by atoms with Crippen molar-refractivity contribution in [1.82, 2.24) is 16.2 Å². The summed E-state index contributed by atoms with van der Waals surface area (Å²) in [5.74, 6) is 0.411. The van der Waals surface area contributed by atoms with Crippen LogP contribution in [0.3, 0.4) is 0 Å². The molecular weight excluding hydrogens is 326 g/mol. The van der Waals surface area contributed by atoms with E-state index < -0.39 is 6.10 Å². The van der Waals surface area contributed by atoms with Crippen LogP contribution < -0.4 is 20.9 Å². The lowest BCUT2D eigenvalue weighted by Gasteiger charge is -2.18. The van der Waals surface area contributed by atoms with Gasteiger partial charge in [0.05, 0.1) is 6.10 Å². The number of ether oxygens (including phenoxy) is 2. The maximum atomic E-state index is 12.1. The van der Waals surface area contributed by atoms with E-state index in [9.17, 15) is 4.79 Å². The lowest BCUT2D eigenvalue weighted by molar-refractivity contribution is -0.127. The number of hydrazine groups is 1. The SMILES string of the molecule is Cc1cccc(O[C@H](C)C(=O)NNC(=S)NC[C@@H]2CCCO2)c1C. The molecule has 0 unspecified atom stereocenters. The van der Waals surface area contributed by atoms with Gasteiger partial charge >= 0.3 is 0 Å². The number of carbonyl (C=O) groups excluding carboxylic acids is 1. The summed E-state index contributed by atoms with van der Waals surface area (Å²) in [7, 11) is 0. The number of carbonyl (C=O) groups is 1. The van der Waals surface area contributed by atoms with Crippen LogP contribution in [0.5, 0.6) is 5.75 Å². The average molecular weight is 351 g/mol. The molecule has 132 valence electrons. The molecule has 0 saturated carbocycles. The van der Waals surface area contributed by atoms with Gasteiger partial charge in [0.15, 0.2) is 11.2 Å². The third-order valence-electron chi connectivity index (χ3n) is 4.04. The third kappa shape index (κ3) is 5.35. The van der Waals surface area contributed by atoms with Gasteiger partial charge in [-0.2, -0.15) is 0 Å². The van der Waals surface area contributed by atoms with E-state index in [0.717, 1.165) is 30.6 Å². The highest BCUT2D eigenvalue weighted by atomic mass is 32.1. The van der Waals surface area contributed by atoms with E-state index in [2.05, 4.69) is 16.2 Å². The van der Waals surface area contributed by atoms with E-state index >= 15 is 0 Å². The Labute approximate surface area is 148 Å². The molecule has 2 atom stereocenters. The monoisotopic (exact) mass is 351 g/mol. The van der Waals surface area contributed by atoms with Gasteiger partial charge in [-0.15, -0.1) is 0 Å². The van der Waals surface area contributed by atoms with Crippen LogP contribution in [0.1, 0.15) is 30.9 Å². The van der Waals surface area contributed by atoms with Crippen molar-refractivity contribution in [3.05, 3.63) is 29.3 Å². The molecule has 7 heteroatoms. The summed E-state index contributed by atoms with van der Waals surface area (Å²) < 4.78 is 11.2. The molecule has 1 aromatic carbocycles. The van der Waals surface area contributed by atoms with Gasteiger partial charge in [-0.1, -0.05) is 12.1 Å². The van der Waals surface area contributed by atoms with Crippen LogP contribution in [0.15, 0.2) is 18.2 Å². The molecule has 0 aliphatic carbocycles. The molecule has 1 amide bonds. The van der Waals surface area contributed by atoms with Crippen molar-refractivity contribution in [1.29, 1.82) is 0 Å². The second-order valence-corrected chi connectivity index (χ2v) is 6.33. The van der Waals surface area contributed by atoms with E-state index in [1.165, 1.54) is 0 Å². The van der Waals surface area contributed by atoms with Crippen molar-refractivity contribution in [3.8, 4) is 5.75 Å². The summed E-state index contributed by atoms with van der Waals surface area (Å²) in [5, 5.41) is 3.38. The van der Waals surface area contributed by atoms with Gasteiger partial charge in [-0.25, -0.2) is 0 Å². The average Bonchev–Trinajstić information content (AvgIpc) is 3.08. The molecule has 0 bridgehead atoms. The van der Waals surface area contributed by atoms with Crippen LogP contribution in [-0.4, -0.2) is 36.4 Å². The number of hydrogen-bond donors (Lipinski definition) is 3. The molecular formula is C17H25N3O3S. The van der Waals surface area contributed by atoms with Crippen molar-refractivity contribution in [2.24, 2.45) is 0 Å². The van der Waals surface area contributed by atoms with Gasteiger partial charge in [0, 0.05) is 13.2 Å². The van der Waals surface area contributed by atoms with Gasteiger partial charge in [-0.3, -0.25) is 15.6 Å². The van der Waals surface area contributed by atoms with Crippen molar-refractivity contribution in [3.63, 3.8) is 0 Å². The predicted molar refractivity (Wildman–Crippen MR) is 96.9 cm³/mol. The number of hydrogen-bond acceptors (Lipinski definition) is 4. The lowest BCUT2D eigenvalue weighted by Crippen LogP contribution is -2.51. The van der Waals surface area contributed by atoms with Gasteiger partial charge in [0.25, 0.3) is 5.91 Å². The van der Waals surface area contributed by atoms with Crippen LogP contribution in [0.4, 0.5) is 0 Å². The van der Waals surface area contributed by atoms with E-state index in [4.69, 9.17) is 21.7 Å². The maximum absolute atomic E-state index is 12.1. The molecule has 1 saturated heterocycles. The Morgan fingerprint density at radius 3 is 2.92 bits per heavy atom. The molecule has 1 fully saturated rings. The second-order valence-electron chi connectivity index (χ2n) is 5.92. The van der Waals surface area contributed by atoms with Crippen molar-refractivity contribution >= 4 is 23.2 Å². The fourth-order valence-corrected chi connectivity index (χ4v) is 2.51. The summed E-state index contributed by atoms with van der Waals surface area (Å²) in [6, 6.07) is 5.77. The smallest absolute Gasteiger partial charge is 0.279 e. The van der Waals surface area contributed by atoms with Crippen molar-refractivity contribution < 1.29 is 14.3 Å². The van der Waals surface area contributed by atoms with Crippen LogP contribution in [0.25, 0.3) is 0 Å². The molecule has 1 heterocycles. The van der Waals surface area contributed by atoms with Crippen LogP contribution in [0.2, 0.25) is 0 Å². The highest BCUT2D eigenvalue weighted by Gasteiger charge is 2.17. The second kappa shape index (κ2) is 8.84. The van der Waals surface area contributed by atoms with Gasteiger partial charge in [0.1, 0.15) is 5.75 Å². The molecule has 2 rings (SSSR count). The maximum Gasteiger partial charge on any atom is 0.279 e. The first-order valence-electron chi connectivity index (χ1n) is 8.15. The largest absolute Gasteiger partial charge is 0.481 e. The first kappa shape index (κ1) is 18.5. The quantitative estimate of drug-likeness (QED) is 0.554. The highest BCUT2D eigenvalue weighted by Crippen LogP contribution is 2.21. The topological polar surface area (TPSA) is 71.6 Å². The molecule has 3 N–H and O–H groups in total. The van der Waals surface area contributed by atoms with Gasteiger partial charge in [0.2, 0.25) is 0 Å². The minimum atomic E-state index is -0.640. The Bertz CT molecular complexity index is 588. The minimum Gasteiger partial charge on any atom is -0.481 e. The van der Waals surface area contributed by atoms with Crippen LogP contribution in [0, 0.1) is 13.8 Å². The van der Waals surface area contributed by atoms with E-state index in [-0.39, 0.29) is 12.0 Å². The number of rotatable bonds is 5. The molecule has 0 aromatic heterocycles. The summed E-state index contributed by atoms with van der Waals surface area (Å²) in [5.41, 5.74) is 7.39. The molecule has 1 aromatic rings. The molecule has 24 heavy (non-hydrogen) atoms. The zero-order chi connectivity index (χ0) is 17.5. The number of amides is 1. The van der Waals surface area contributed by atoms with Crippen molar-refractivity contribution in [2.75, 3.05) is 13.2 Å². The number of aryl methyl sites for hydroxylation is 1. The van der Waals surface area contributed by atoms with E-state index in [1.54, 1.807) is 6.92 Å². The Hall–Kier alpha value is -1.86. The number of benzene rings is 1. The predicted octanol–water partition coefficient (Wildman–Crippen LogP) is 1.75. The third-order valence-corrected chi connectivity index (χ3v) is 4.29. The molecule has 1 aliphatic heterocycles. The molecule has 6 nitrogen and oxygen atoms in total. The number of thiocarbonyl (C=S) groups is 1. The zero-order valence-electron chi connectivity index (χ0n) is 14.3. The Kier molecular flexibility index (Phi) is 6.81. The summed E-state index contributed by atoms with van der Waals surface area (Å²) in [4.78, 5) is 12.1. The van der Waals surface area contributed by atoms with Crippen LogP contribution >= 0.6 is 12.2 Å². The first-order chi connectivity index (χ1) is 11.5. The van der Waals surface area contributed by atoms with Crippen LogP contribution in [-0.2, 0) is 9.53 Å². The Morgan fingerprint density at radius 2 is 2.21 bits per heavy atom.